The molecule has 0 aromatic heterocycles. The normalized spacial score (nSPS) is 21.9. The van der Waals surface area contributed by atoms with E-state index in [1.807, 2.05) is 39.8 Å². The number of aliphatic imine (C=N–C) groups is 1. The van der Waals surface area contributed by atoms with Crippen molar-refractivity contribution in [3.63, 3.8) is 0 Å². The molecule has 2 aromatic carbocycles. The van der Waals surface area contributed by atoms with Crippen LogP contribution in [0.5, 0.6) is 5.75 Å². The second kappa shape index (κ2) is 11.6. The van der Waals surface area contributed by atoms with Gasteiger partial charge in [-0.25, -0.2) is 8.42 Å². The van der Waals surface area contributed by atoms with Crippen LogP contribution < -0.4 is 15.0 Å². The van der Waals surface area contributed by atoms with Crippen LogP contribution in [0.1, 0.15) is 55.4 Å². The maximum absolute atomic E-state index is 13.3. The summed E-state index contributed by atoms with van der Waals surface area (Å²) in [6.45, 7) is 7.22. The zero-order valence-electron chi connectivity index (χ0n) is 25.3. The average Bonchev–Trinajstić information content (AvgIpc) is 3.38. The van der Waals surface area contributed by atoms with Gasteiger partial charge in [-0.2, -0.15) is 4.31 Å². The molecule has 2 N–H and O–H groups in total. The van der Waals surface area contributed by atoms with E-state index in [1.54, 1.807) is 4.90 Å². The van der Waals surface area contributed by atoms with E-state index in [0.29, 0.717) is 17.7 Å². The number of anilines is 1. The van der Waals surface area contributed by atoms with Gasteiger partial charge in [0.2, 0.25) is 15.9 Å². The van der Waals surface area contributed by atoms with Crippen LogP contribution in [-0.2, 0) is 19.6 Å². The van der Waals surface area contributed by atoms with Crippen LogP contribution in [0.4, 0.5) is 18.9 Å². The van der Waals surface area contributed by atoms with Gasteiger partial charge in [-0.1, -0.05) is 26.0 Å². The molecule has 5 rings (SSSR count). The predicted octanol–water partition coefficient (Wildman–Crippen LogP) is 4.04. The maximum atomic E-state index is 13.3. The van der Waals surface area contributed by atoms with Crippen molar-refractivity contribution in [2.75, 3.05) is 24.6 Å². The Hall–Kier alpha value is -3.75. The summed E-state index contributed by atoms with van der Waals surface area (Å²) in [5, 5.41) is 13.6. The first-order valence-electron chi connectivity index (χ1n) is 14.5. The third-order valence-corrected chi connectivity index (χ3v) is 10.2. The number of aliphatic hydroxyl groups excluding tert-OH is 1. The average molecular weight is 649 g/mol. The number of hydrogen-bond donors (Lipinski definition) is 2. The quantitative estimate of drug-likeness (QED) is 0.467. The number of piperidine rings is 1. The second-order valence-corrected chi connectivity index (χ2v) is 14.2. The fraction of sp³-hybridized carbons (Fsp3) is 0.452. The minimum atomic E-state index is -4.87. The van der Waals surface area contributed by atoms with E-state index < -0.39 is 39.0 Å². The standard InChI is InChI=1S/C31H35F3N4O6S/c1-19-14-22(38-23(18-39)17-29(3,4)28(38)41)15-20(2)25(19)8-13-45(42,43)37-11-9-30(10-12-37)27(40)35-26(36-30)21-6-5-7-24(16-21)44-31(32,33)34/h5-8,13-16,23,39H,9-12,17-18H2,1-4H3,(H,35,36,40)/t23-/m1/s1. The van der Waals surface area contributed by atoms with Crippen molar-refractivity contribution < 1.29 is 41.0 Å². The number of ether oxygens (including phenoxy) is 1. The summed E-state index contributed by atoms with van der Waals surface area (Å²) < 4.78 is 69.8. The van der Waals surface area contributed by atoms with Gasteiger partial charge in [-0.05, 0) is 80.1 Å². The van der Waals surface area contributed by atoms with E-state index in [9.17, 15) is 36.3 Å². The molecule has 14 heteroatoms. The van der Waals surface area contributed by atoms with Gasteiger partial charge >= 0.3 is 6.36 Å². The second-order valence-electron chi connectivity index (χ2n) is 12.4. The van der Waals surface area contributed by atoms with Crippen molar-refractivity contribution in [3.05, 3.63) is 64.1 Å². The van der Waals surface area contributed by atoms with Gasteiger partial charge in [0.25, 0.3) is 5.91 Å². The predicted molar refractivity (Wildman–Crippen MR) is 162 cm³/mol. The van der Waals surface area contributed by atoms with E-state index in [4.69, 9.17) is 0 Å². The lowest BCUT2D eigenvalue weighted by molar-refractivity contribution is -0.274. The van der Waals surface area contributed by atoms with E-state index in [2.05, 4.69) is 15.0 Å². The number of aryl methyl sites for hydroxylation is 2. The van der Waals surface area contributed by atoms with Crippen LogP contribution in [0.2, 0.25) is 0 Å². The van der Waals surface area contributed by atoms with E-state index in [-0.39, 0.29) is 55.9 Å². The maximum Gasteiger partial charge on any atom is 0.573 e. The molecule has 1 atom stereocenters. The molecule has 10 nitrogen and oxygen atoms in total. The number of alkyl halides is 3. The zero-order valence-corrected chi connectivity index (χ0v) is 26.1. The number of halogens is 3. The monoisotopic (exact) mass is 648 g/mol. The summed E-state index contributed by atoms with van der Waals surface area (Å²) in [6.07, 6.45) is -2.65. The SMILES string of the molecule is Cc1cc(N2C(=O)C(C)(C)C[C@@H]2CO)cc(C)c1C=CS(=O)(=O)N1CCC2(CC1)N=C(c1cccc(OC(F)(F)F)c1)NC2=O. The lowest BCUT2D eigenvalue weighted by atomic mass is 9.89. The Morgan fingerprint density at radius 3 is 2.36 bits per heavy atom. The summed E-state index contributed by atoms with van der Waals surface area (Å²) in [4.78, 5) is 32.1. The van der Waals surface area contributed by atoms with Gasteiger partial charge in [0, 0.05) is 35.2 Å². The molecule has 242 valence electrons. The lowest BCUT2D eigenvalue weighted by Gasteiger charge is -2.34. The number of nitrogens with one attached hydrogen (secondary N) is 1. The minimum Gasteiger partial charge on any atom is -0.406 e. The Bertz CT molecular complexity index is 1670. The summed E-state index contributed by atoms with van der Waals surface area (Å²) in [5.41, 5.74) is 1.26. The Morgan fingerprint density at radius 2 is 1.76 bits per heavy atom. The van der Waals surface area contributed by atoms with Crippen molar-refractivity contribution in [2.45, 2.75) is 64.9 Å². The van der Waals surface area contributed by atoms with Gasteiger partial charge in [-0.15, -0.1) is 13.2 Å². The first-order chi connectivity index (χ1) is 20.9. The topological polar surface area (TPSA) is 129 Å². The molecule has 0 bridgehead atoms. The number of aliphatic hydroxyl groups is 1. The highest BCUT2D eigenvalue weighted by Gasteiger charge is 2.48. The molecule has 2 aromatic rings. The molecule has 0 radical (unpaired) electrons. The van der Waals surface area contributed by atoms with Crippen LogP contribution in [-0.4, -0.2) is 73.1 Å². The van der Waals surface area contributed by atoms with E-state index >= 15 is 0 Å². The molecule has 3 heterocycles. The highest BCUT2D eigenvalue weighted by atomic mass is 32.2. The number of hydrogen-bond acceptors (Lipinski definition) is 7. The number of amides is 2. The molecular formula is C31H35F3N4O6S. The number of nitrogens with zero attached hydrogens (tertiary/aromatic N) is 3. The first-order valence-corrected chi connectivity index (χ1v) is 16.0. The van der Waals surface area contributed by atoms with Gasteiger partial charge < -0.3 is 20.1 Å². The highest BCUT2D eigenvalue weighted by Crippen LogP contribution is 2.40. The molecule has 3 aliphatic heterocycles. The Labute approximate surface area is 259 Å². The highest BCUT2D eigenvalue weighted by molar-refractivity contribution is 7.92. The molecular weight excluding hydrogens is 613 g/mol. The lowest BCUT2D eigenvalue weighted by Crippen LogP contribution is -2.50. The van der Waals surface area contributed by atoms with Crippen molar-refractivity contribution in [1.82, 2.24) is 9.62 Å². The number of carbonyl (C=O) groups is 2. The largest absolute Gasteiger partial charge is 0.573 e. The summed E-state index contributed by atoms with van der Waals surface area (Å²) in [5.74, 6) is -0.872. The molecule has 0 unspecified atom stereocenters. The van der Waals surface area contributed by atoms with E-state index in [0.717, 1.165) is 28.7 Å². The summed E-state index contributed by atoms with van der Waals surface area (Å²) in [7, 11) is -3.88. The van der Waals surface area contributed by atoms with Crippen molar-refractivity contribution in [3.8, 4) is 5.75 Å². The fourth-order valence-corrected chi connectivity index (χ4v) is 7.44. The molecule has 2 saturated heterocycles. The summed E-state index contributed by atoms with van der Waals surface area (Å²) >= 11 is 0. The molecule has 2 amide bonds. The summed E-state index contributed by atoms with van der Waals surface area (Å²) in [6, 6.07) is 8.40. The molecule has 2 fully saturated rings. The van der Waals surface area contributed by atoms with Crippen molar-refractivity contribution in [2.24, 2.45) is 10.4 Å². The third-order valence-electron chi connectivity index (χ3n) is 8.61. The minimum absolute atomic E-state index is 0.0143. The molecule has 1 spiro atoms. The Morgan fingerprint density at radius 1 is 1.11 bits per heavy atom. The molecule has 0 aliphatic carbocycles. The van der Waals surface area contributed by atoms with Crippen LogP contribution in [0.3, 0.4) is 0 Å². The number of carbonyl (C=O) groups excluding carboxylic acids is 2. The third kappa shape index (κ3) is 6.49. The fourth-order valence-electron chi connectivity index (χ4n) is 6.27. The van der Waals surface area contributed by atoms with Crippen LogP contribution >= 0.6 is 0 Å². The van der Waals surface area contributed by atoms with Crippen molar-refractivity contribution in [1.29, 1.82) is 0 Å². The Balaban J connectivity index is 1.29. The van der Waals surface area contributed by atoms with Crippen LogP contribution in [0, 0.1) is 19.3 Å². The van der Waals surface area contributed by atoms with Gasteiger partial charge in [0.1, 0.15) is 17.1 Å². The van der Waals surface area contributed by atoms with Crippen molar-refractivity contribution >= 4 is 39.4 Å². The van der Waals surface area contributed by atoms with Gasteiger partial charge in [0.05, 0.1) is 12.6 Å². The zero-order chi connectivity index (χ0) is 32.9. The van der Waals surface area contributed by atoms with Gasteiger partial charge in [0.15, 0.2) is 0 Å². The number of benzene rings is 2. The first kappa shape index (κ1) is 32.6. The molecule has 45 heavy (non-hydrogen) atoms. The van der Waals surface area contributed by atoms with Crippen LogP contribution in [0.25, 0.3) is 6.08 Å². The smallest absolute Gasteiger partial charge is 0.406 e. The Kier molecular flexibility index (Phi) is 8.38. The number of amidine groups is 1. The molecule has 0 saturated carbocycles. The number of sulfonamides is 1. The van der Waals surface area contributed by atoms with Gasteiger partial charge in [-0.3, -0.25) is 14.6 Å². The number of rotatable bonds is 7. The molecule has 3 aliphatic rings. The van der Waals surface area contributed by atoms with E-state index in [1.165, 1.54) is 22.5 Å². The van der Waals surface area contributed by atoms with Crippen LogP contribution in [0.15, 0.2) is 46.8 Å².